The molecule has 0 fully saturated rings. The molecule has 8 heteroatoms. The number of nitriles is 2. The van der Waals surface area contributed by atoms with E-state index in [4.69, 9.17) is 10.5 Å². The van der Waals surface area contributed by atoms with Crippen molar-refractivity contribution in [3.63, 3.8) is 0 Å². The zero-order valence-corrected chi connectivity index (χ0v) is 11.7. The van der Waals surface area contributed by atoms with Gasteiger partial charge in [-0.25, -0.2) is 13.2 Å². The van der Waals surface area contributed by atoms with Crippen molar-refractivity contribution in [2.45, 2.75) is 26.2 Å². The van der Waals surface area contributed by atoms with E-state index in [-0.39, 0.29) is 6.42 Å². The molecule has 0 N–H and O–H groups in total. The minimum atomic E-state index is -1.59. The molecule has 116 valence electrons. The van der Waals surface area contributed by atoms with Gasteiger partial charge in [-0.2, -0.15) is 15.6 Å². The van der Waals surface area contributed by atoms with Gasteiger partial charge in [0.15, 0.2) is 17.6 Å². The van der Waals surface area contributed by atoms with Crippen LogP contribution >= 0.6 is 0 Å². The number of hydrogen-bond donors (Lipinski definition) is 0. The Morgan fingerprint density at radius 2 is 1.91 bits per heavy atom. The molecule has 0 saturated heterocycles. The lowest BCUT2D eigenvalue weighted by atomic mass is 10.1. The highest BCUT2D eigenvalue weighted by molar-refractivity contribution is 5.69. The lowest BCUT2D eigenvalue weighted by Gasteiger charge is -2.12. The summed E-state index contributed by atoms with van der Waals surface area (Å²) in [7, 11) is 0. The van der Waals surface area contributed by atoms with Crippen LogP contribution in [0.5, 0.6) is 0 Å². The summed E-state index contributed by atoms with van der Waals surface area (Å²) in [5.41, 5.74) is -1.52. The SMILES string of the molecule is CCCCc1c(F)cc(N(F)N=CC(C#N)C#N)c(F)c1F. The van der Waals surface area contributed by atoms with Crippen molar-refractivity contribution < 1.29 is 17.7 Å². The van der Waals surface area contributed by atoms with Gasteiger partial charge in [0.05, 0.1) is 18.4 Å². The number of halogens is 4. The first-order chi connectivity index (χ1) is 10.5. The molecule has 0 unspecified atom stereocenters. The van der Waals surface area contributed by atoms with Gasteiger partial charge in [0.1, 0.15) is 11.5 Å². The van der Waals surface area contributed by atoms with Crippen molar-refractivity contribution in [1.29, 1.82) is 10.5 Å². The minimum absolute atomic E-state index is 0.00808. The maximum atomic E-state index is 13.8. The normalized spacial score (nSPS) is 10.7. The molecule has 0 bridgehead atoms. The van der Waals surface area contributed by atoms with Crippen LogP contribution in [0.3, 0.4) is 0 Å². The third kappa shape index (κ3) is 3.95. The fourth-order valence-electron chi connectivity index (χ4n) is 1.62. The van der Waals surface area contributed by atoms with Crippen LogP contribution < -0.4 is 5.23 Å². The van der Waals surface area contributed by atoms with E-state index in [1.54, 1.807) is 6.92 Å². The van der Waals surface area contributed by atoms with Gasteiger partial charge in [-0.3, -0.25) is 0 Å². The topological polar surface area (TPSA) is 63.2 Å². The van der Waals surface area contributed by atoms with E-state index in [0.29, 0.717) is 25.1 Å². The first-order valence-electron chi connectivity index (χ1n) is 6.41. The van der Waals surface area contributed by atoms with Crippen LogP contribution in [-0.4, -0.2) is 6.21 Å². The largest absolute Gasteiger partial charge is 0.207 e. The second-order valence-corrected chi connectivity index (χ2v) is 4.35. The molecular formula is C14H12F4N4. The van der Waals surface area contributed by atoms with E-state index >= 15 is 0 Å². The van der Waals surface area contributed by atoms with Crippen molar-refractivity contribution >= 4 is 11.9 Å². The maximum absolute atomic E-state index is 13.8. The number of rotatable bonds is 6. The van der Waals surface area contributed by atoms with Crippen LogP contribution in [0.2, 0.25) is 0 Å². The Morgan fingerprint density at radius 1 is 1.27 bits per heavy atom. The van der Waals surface area contributed by atoms with Crippen LogP contribution in [0.25, 0.3) is 0 Å². The monoisotopic (exact) mass is 312 g/mol. The zero-order valence-electron chi connectivity index (χ0n) is 11.7. The Hall–Kier alpha value is -2.61. The molecule has 4 nitrogen and oxygen atoms in total. The Labute approximate surface area is 124 Å². The van der Waals surface area contributed by atoms with Gasteiger partial charge in [-0.05, 0) is 12.8 Å². The molecule has 22 heavy (non-hydrogen) atoms. The van der Waals surface area contributed by atoms with Crippen molar-refractivity contribution in [3.8, 4) is 12.1 Å². The molecule has 0 heterocycles. The molecule has 0 aliphatic rings. The Morgan fingerprint density at radius 3 is 2.45 bits per heavy atom. The molecule has 1 aromatic rings. The van der Waals surface area contributed by atoms with Gasteiger partial charge in [0.2, 0.25) is 0 Å². The van der Waals surface area contributed by atoms with Crippen LogP contribution in [0, 0.1) is 46.0 Å². The molecule has 0 spiro atoms. The minimum Gasteiger partial charge on any atom is -0.207 e. The molecule has 0 saturated carbocycles. The van der Waals surface area contributed by atoms with Gasteiger partial charge in [-0.15, -0.1) is 0 Å². The molecule has 0 aliphatic heterocycles. The van der Waals surface area contributed by atoms with E-state index in [9.17, 15) is 17.7 Å². The van der Waals surface area contributed by atoms with E-state index in [1.165, 1.54) is 12.1 Å². The predicted octanol–water partition coefficient (Wildman–Crippen LogP) is 3.79. The number of nitrogens with zero attached hydrogens (tertiary/aromatic N) is 4. The highest BCUT2D eigenvalue weighted by Gasteiger charge is 2.22. The first kappa shape index (κ1) is 17.4. The summed E-state index contributed by atoms with van der Waals surface area (Å²) in [6.07, 6.45) is 1.70. The van der Waals surface area contributed by atoms with Gasteiger partial charge in [0, 0.05) is 11.6 Å². The Balaban J connectivity index is 3.12. The summed E-state index contributed by atoms with van der Waals surface area (Å²) in [5.74, 6) is -5.51. The molecule has 1 aromatic carbocycles. The number of hydrazone groups is 1. The van der Waals surface area contributed by atoms with E-state index in [1.807, 2.05) is 0 Å². The van der Waals surface area contributed by atoms with Gasteiger partial charge in [0.25, 0.3) is 0 Å². The van der Waals surface area contributed by atoms with Gasteiger partial charge >= 0.3 is 0 Å². The number of anilines is 1. The summed E-state index contributed by atoms with van der Waals surface area (Å²) in [6.45, 7) is 1.80. The van der Waals surface area contributed by atoms with Gasteiger partial charge in [-0.1, -0.05) is 23.1 Å². The first-order valence-corrected chi connectivity index (χ1v) is 6.41. The lowest BCUT2D eigenvalue weighted by molar-refractivity contribution is 0.417. The van der Waals surface area contributed by atoms with Crippen molar-refractivity contribution in [3.05, 3.63) is 29.1 Å². The number of benzene rings is 1. The molecular weight excluding hydrogens is 300 g/mol. The number of hydrogen-bond acceptors (Lipinski definition) is 4. The third-order valence-electron chi connectivity index (χ3n) is 2.81. The van der Waals surface area contributed by atoms with Crippen molar-refractivity contribution in [2.75, 3.05) is 5.23 Å². The fraction of sp³-hybridized carbons (Fsp3) is 0.357. The smallest absolute Gasteiger partial charge is 0.187 e. The summed E-state index contributed by atoms with van der Waals surface area (Å²) < 4.78 is 54.9. The Bertz CT molecular complexity index is 632. The summed E-state index contributed by atoms with van der Waals surface area (Å²) >= 11 is 0. The van der Waals surface area contributed by atoms with Crippen LogP contribution in [0.15, 0.2) is 11.2 Å². The lowest BCUT2D eigenvalue weighted by Crippen LogP contribution is -2.11. The highest BCUT2D eigenvalue weighted by atomic mass is 19.2. The van der Waals surface area contributed by atoms with E-state index in [2.05, 4.69) is 5.10 Å². The molecule has 0 aliphatic carbocycles. The van der Waals surface area contributed by atoms with E-state index < -0.39 is 39.9 Å². The second-order valence-electron chi connectivity index (χ2n) is 4.35. The standard InChI is InChI=1S/C14H12F4N4/c1-2-3-4-10-11(15)5-12(14(17)13(10)16)22(18)21-8-9(6-19)7-20/h5,8-9H,2-4H2,1H3. The number of unbranched alkanes of at least 4 members (excludes halogenated alkanes) is 1. The van der Waals surface area contributed by atoms with E-state index in [0.717, 1.165) is 0 Å². The predicted molar refractivity (Wildman–Crippen MR) is 71.7 cm³/mol. The molecule has 0 atom stereocenters. The molecule has 0 amide bonds. The molecule has 0 radical (unpaired) electrons. The third-order valence-corrected chi connectivity index (χ3v) is 2.81. The fourth-order valence-corrected chi connectivity index (χ4v) is 1.62. The average molecular weight is 312 g/mol. The summed E-state index contributed by atoms with van der Waals surface area (Å²) in [6, 6.07) is 3.45. The summed E-state index contributed by atoms with van der Waals surface area (Å²) in [4.78, 5) is 0. The van der Waals surface area contributed by atoms with Crippen molar-refractivity contribution in [2.24, 2.45) is 11.0 Å². The molecule has 0 aromatic heterocycles. The summed E-state index contributed by atoms with van der Waals surface area (Å²) in [5, 5.41) is 19.3. The molecule has 1 rings (SSSR count). The average Bonchev–Trinajstić information content (AvgIpc) is 2.51. The highest BCUT2D eigenvalue weighted by Crippen LogP contribution is 2.28. The van der Waals surface area contributed by atoms with Crippen LogP contribution in [-0.2, 0) is 6.42 Å². The van der Waals surface area contributed by atoms with Crippen LogP contribution in [0.4, 0.5) is 23.3 Å². The van der Waals surface area contributed by atoms with Gasteiger partial charge < -0.3 is 0 Å². The maximum Gasteiger partial charge on any atom is 0.187 e. The van der Waals surface area contributed by atoms with Crippen LogP contribution in [0.1, 0.15) is 25.3 Å². The quantitative estimate of drug-likeness (QED) is 0.264. The van der Waals surface area contributed by atoms with Crippen molar-refractivity contribution in [1.82, 2.24) is 0 Å². The zero-order chi connectivity index (χ0) is 16.7. The Kier molecular flexibility index (Phi) is 6.33. The second kappa shape index (κ2) is 7.99.